The second kappa shape index (κ2) is 5.29. The minimum absolute atomic E-state index is 0.357. The predicted octanol–water partition coefficient (Wildman–Crippen LogP) is 1.00. The van der Waals surface area contributed by atoms with Crippen LogP contribution in [0.25, 0.3) is 11.3 Å². The first kappa shape index (κ1) is 11.4. The van der Waals surface area contributed by atoms with Gasteiger partial charge in [-0.25, -0.2) is 4.98 Å². The molecule has 2 aromatic rings. The first-order chi connectivity index (χ1) is 8.92. The Bertz CT molecular complexity index is 491. The molecule has 1 aliphatic heterocycles. The summed E-state index contributed by atoms with van der Waals surface area (Å²) in [6, 6.07) is 4.30. The van der Waals surface area contributed by atoms with Crippen LogP contribution in [0.2, 0.25) is 0 Å². The zero-order chi connectivity index (χ0) is 12.2. The van der Waals surface area contributed by atoms with E-state index in [9.17, 15) is 0 Å². The molecule has 0 saturated carbocycles. The summed E-state index contributed by atoms with van der Waals surface area (Å²) >= 11 is 0. The number of morpholine rings is 1. The van der Waals surface area contributed by atoms with Gasteiger partial charge in [-0.1, -0.05) is 0 Å². The minimum atomic E-state index is 0.357. The average molecular weight is 244 g/mol. The summed E-state index contributed by atoms with van der Waals surface area (Å²) in [4.78, 5) is 11.8. The molecule has 0 bridgehead atoms. The summed E-state index contributed by atoms with van der Waals surface area (Å²) in [7, 11) is 0. The molecular weight excluding hydrogens is 228 g/mol. The number of hydrogen-bond donors (Lipinski definition) is 2. The van der Waals surface area contributed by atoms with Crippen molar-refractivity contribution in [3.05, 3.63) is 36.5 Å². The Hall–Kier alpha value is -1.72. The maximum atomic E-state index is 5.43. The van der Waals surface area contributed by atoms with Crippen molar-refractivity contribution in [3.8, 4) is 11.3 Å². The Morgan fingerprint density at radius 1 is 1.33 bits per heavy atom. The molecule has 0 spiro atoms. The molecule has 1 aliphatic rings. The van der Waals surface area contributed by atoms with Crippen molar-refractivity contribution >= 4 is 0 Å². The standard InChI is InChI=1S/C13H16N4O/c1-3-14-4-2-10(1)12-8-16-13(17-12)7-11-9-18-6-5-15-11/h1-4,8,11,15H,5-7,9H2,(H,16,17). The second-order valence-electron chi connectivity index (χ2n) is 4.41. The molecule has 0 radical (unpaired) electrons. The Morgan fingerprint density at radius 2 is 2.22 bits per heavy atom. The largest absolute Gasteiger partial charge is 0.379 e. The smallest absolute Gasteiger partial charge is 0.108 e. The molecule has 2 aromatic heterocycles. The molecule has 18 heavy (non-hydrogen) atoms. The molecule has 3 heterocycles. The number of pyridine rings is 1. The molecule has 5 heteroatoms. The third-order valence-corrected chi connectivity index (χ3v) is 3.06. The summed E-state index contributed by atoms with van der Waals surface area (Å²) in [6.45, 7) is 2.48. The number of H-pyrrole nitrogens is 1. The van der Waals surface area contributed by atoms with Gasteiger partial charge >= 0.3 is 0 Å². The molecule has 5 nitrogen and oxygen atoms in total. The van der Waals surface area contributed by atoms with Crippen LogP contribution in [-0.2, 0) is 11.2 Å². The molecule has 0 aromatic carbocycles. The van der Waals surface area contributed by atoms with Crippen LogP contribution >= 0.6 is 0 Å². The third kappa shape index (κ3) is 2.57. The molecule has 0 aliphatic carbocycles. The summed E-state index contributed by atoms with van der Waals surface area (Å²) in [5, 5.41) is 3.42. The molecule has 1 saturated heterocycles. The van der Waals surface area contributed by atoms with Crippen molar-refractivity contribution < 1.29 is 4.74 Å². The van der Waals surface area contributed by atoms with Crippen molar-refractivity contribution in [2.45, 2.75) is 12.5 Å². The number of aromatic nitrogens is 3. The fraction of sp³-hybridized carbons (Fsp3) is 0.385. The van der Waals surface area contributed by atoms with E-state index in [1.807, 2.05) is 18.3 Å². The maximum absolute atomic E-state index is 5.43. The summed E-state index contributed by atoms with van der Waals surface area (Å²) < 4.78 is 5.43. The van der Waals surface area contributed by atoms with E-state index >= 15 is 0 Å². The fourth-order valence-corrected chi connectivity index (χ4v) is 2.13. The van der Waals surface area contributed by atoms with E-state index < -0.39 is 0 Å². The summed E-state index contributed by atoms with van der Waals surface area (Å²) in [5.41, 5.74) is 2.14. The average Bonchev–Trinajstić information content (AvgIpc) is 2.89. The van der Waals surface area contributed by atoms with E-state index in [2.05, 4.69) is 20.3 Å². The number of nitrogens with one attached hydrogen (secondary N) is 2. The first-order valence-electron chi connectivity index (χ1n) is 6.17. The third-order valence-electron chi connectivity index (χ3n) is 3.06. The van der Waals surface area contributed by atoms with Crippen molar-refractivity contribution in [1.82, 2.24) is 20.3 Å². The van der Waals surface area contributed by atoms with Crippen LogP contribution in [0.4, 0.5) is 0 Å². The molecular formula is C13H16N4O. The van der Waals surface area contributed by atoms with Gasteiger partial charge in [0.1, 0.15) is 5.82 Å². The summed E-state index contributed by atoms with van der Waals surface area (Å²) in [5.74, 6) is 0.991. The zero-order valence-electron chi connectivity index (χ0n) is 10.1. The van der Waals surface area contributed by atoms with Crippen LogP contribution in [0.15, 0.2) is 30.7 Å². The number of aromatic amines is 1. The van der Waals surface area contributed by atoms with Crippen LogP contribution in [0.5, 0.6) is 0 Å². The van der Waals surface area contributed by atoms with E-state index in [0.29, 0.717) is 6.04 Å². The fourth-order valence-electron chi connectivity index (χ4n) is 2.13. The second-order valence-corrected chi connectivity index (χ2v) is 4.41. The van der Waals surface area contributed by atoms with Gasteiger partial charge in [-0.05, 0) is 12.1 Å². The molecule has 1 unspecified atom stereocenters. The van der Waals surface area contributed by atoms with Crippen molar-refractivity contribution in [1.29, 1.82) is 0 Å². The van der Waals surface area contributed by atoms with Gasteiger partial charge in [0.2, 0.25) is 0 Å². The van der Waals surface area contributed by atoms with E-state index in [-0.39, 0.29) is 0 Å². The zero-order valence-corrected chi connectivity index (χ0v) is 10.1. The Labute approximate surface area is 106 Å². The minimum Gasteiger partial charge on any atom is -0.379 e. The van der Waals surface area contributed by atoms with Crippen LogP contribution in [0, 0.1) is 0 Å². The lowest BCUT2D eigenvalue weighted by Crippen LogP contribution is -2.42. The van der Waals surface area contributed by atoms with Crippen molar-refractivity contribution in [2.75, 3.05) is 19.8 Å². The molecule has 2 N–H and O–H groups in total. The highest BCUT2D eigenvalue weighted by atomic mass is 16.5. The summed E-state index contributed by atoms with van der Waals surface area (Å²) in [6.07, 6.45) is 6.30. The molecule has 3 rings (SSSR count). The van der Waals surface area contributed by atoms with Gasteiger partial charge in [0.05, 0.1) is 25.1 Å². The number of ether oxygens (including phenoxy) is 1. The molecule has 0 amide bonds. The molecule has 1 fully saturated rings. The molecule has 1 atom stereocenters. The van der Waals surface area contributed by atoms with Gasteiger partial charge in [-0.2, -0.15) is 0 Å². The van der Waals surface area contributed by atoms with E-state index in [1.54, 1.807) is 12.4 Å². The molecule has 94 valence electrons. The lowest BCUT2D eigenvalue weighted by atomic mass is 10.2. The lowest BCUT2D eigenvalue weighted by Gasteiger charge is -2.22. The van der Waals surface area contributed by atoms with Gasteiger partial charge in [0.15, 0.2) is 0 Å². The SMILES string of the molecule is c1cc(-c2cnc(CC3COCCN3)[nH]2)ccn1. The van der Waals surface area contributed by atoms with Gasteiger partial charge < -0.3 is 15.0 Å². The topological polar surface area (TPSA) is 62.8 Å². The highest BCUT2D eigenvalue weighted by molar-refractivity contribution is 5.57. The first-order valence-corrected chi connectivity index (χ1v) is 6.17. The van der Waals surface area contributed by atoms with Crippen molar-refractivity contribution in [3.63, 3.8) is 0 Å². The van der Waals surface area contributed by atoms with Gasteiger partial charge in [-0.15, -0.1) is 0 Å². The normalized spacial score (nSPS) is 19.9. The van der Waals surface area contributed by atoms with E-state index in [0.717, 1.165) is 43.3 Å². The van der Waals surface area contributed by atoms with E-state index in [4.69, 9.17) is 4.74 Å². The number of nitrogens with zero attached hydrogens (tertiary/aromatic N) is 2. The number of hydrogen-bond acceptors (Lipinski definition) is 4. The highest BCUT2D eigenvalue weighted by Crippen LogP contribution is 2.16. The Balaban J connectivity index is 1.69. The monoisotopic (exact) mass is 244 g/mol. The predicted molar refractivity (Wildman–Crippen MR) is 68.1 cm³/mol. The van der Waals surface area contributed by atoms with Crippen LogP contribution in [0.1, 0.15) is 5.82 Å². The van der Waals surface area contributed by atoms with E-state index in [1.165, 1.54) is 0 Å². The quantitative estimate of drug-likeness (QED) is 0.845. The number of rotatable bonds is 3. The number of imidazole rings is 1. The maximum Gasteiger partial charge on any atom is 0.108 e. The Kier molecular flexibility index (Phi) is 3.34. The van der Waals surface area contributed by atoms with Crippen LogP contribution < -0.4 is 5.32 Å². The lowest BCUT2D eigenvalue weighted by molar-refractivity contribution is 0.0764. The van der Waals surface area contributed by atoms with Gasteiger partial charge in [0, 0.05) is 37.0 Å². The van der Waals surface area contributed by atoms with Gasteiger partial charge in [-0.3, -0.25) is 4.98 Å². The highest BCUT2D eigenvalue weighted by Gasteiger charge is 2.15. The van der Waals surface area contributed by atoms with Crippen molar-refractivity contribution in [2.24, 2.45) is 0 Å². The van der Waals surface area contributed by atoms with Crippen LogP contribution in [0.3, 0.4) is 0 Å². The Morgan fingerprint density at radius 3 is 3.00 bits per heavy atom. The van der Waals surface area contributed by atoms with Crippen LogP contribution in [-0.4, -0.2) is 40.8 Å². The van der Waals surface area contributed by atoms with Gasteiger partial charge in [0.25, 0.3) is 0 Å².